The molecular formula is C11H9Cl5O3. The molecule has 0 fully saturated rings. The molecule has 0 aliphatic rings. The van der Waals surface area contributed by atoms with Gasteiger partial charge in [0.1, 0.15) is 5.75 Å². The molecule has 106 valence electrons. The Bertz CT molecular complexity index is 476. The van der Waals surface area contributed by atoms with E-state index in [1.165, 1.54) is 12.1 Å². The molecule has 0 unspecified atom stereocenters. The summed E-state index contributed by atoms with van der Waals surface area (Å²) in [5.74, 6) is -0.926. The maximum atomic E-state index is 10.7. The number of hydrogen-bond acceptors (Lipinski definition) is 2. The molecule has 19 heavy (non-hydrogen) atoms. The zero-order chi connectivity index (χ0) is 14.6. The summed E-state index contributed by atoms with van der Waals surface area (Å²) < 4.78 is 3.55. The topological polar surface area (TPSA) is 46.5 Å². The highest BCUT2D eigenvalue weighted by atomic mass is 35.5. The van der Waals surface area contributed by atoms with E-state index in [2.05, 4.69) is 0 Å². The van der Waals surface area contributed by atoms with Gasteiger partial charge in [-0.25, -0.2) is 4.79 Å². The fourth-order valence-electron chi connectivity index (χ4n) is 1.20. The largest absolute Gasteiger partial charge is 0.492 e. The molecule has 0 radical (unpaired) electrons. The molecule has 1 aromatic carbocycles. The van der Waals surface area contributed by atoms with Crippen LogP contribution in [0.25, 0.3) is 0 Å². The standard InChI is InChI=1S/C11H9Cl5O3/c12-6-4-8(14)9(5-7(6)13)19-3-1-2-11(15,16)10(17)18/h4-5H,1-3H2,(H,17,18). The summed E-state index contributed by atoms with van der Waals surface area (Å²) in [6, 6.07) is 2.95. The van der Waals surface area contributed by atoms with E-state index in [1.807, 2.05) is 0 Å². The highest BCUT2D eigenvalue weighted by Gasteiger charge is 2.32. The normalized spacial score (nSPS) is 11.4. The van der Waals surface area contributed by atoms with E-state index < -0.39 is 10.3 Å². The minimum atomic E-state index is -1.81. The lowest BCUT2D eigenvalue weighted by Gasteiger charge is -2.14. The van der Waals surface area contributed by atoms with Gasteiger partial charge in [-0.3, -0.25) is 0 Å². The Hall–Kier alpha value is -0.0600. The molecule has 1 aromatic rings. The lowest BCUT2D eigenvalue weighted by Crippen LogP contribution is -2.25. The maximum Gasteiger partial charge on any atom is 0.340 e. The summed E-state index contributed by atoms with van der Waals surface area (Å²) in [4.78, 5) is 10.7. The number of carboxylic acids is 1. The van der Waals surface area contributed by atoms with Gasteiger partial charge < -0.3 is 9.84 Å². The van der Waals surface area contributed by atoms with E-state index in [4.69, 9.17) is 67.8 Å². The van der Waals surface area contributed by atoms with Crippen molar-refractivity contribution in [2.24, 2.45) is 0 Å². The highest BCUT2D eigenvalue weighted by Crippen LogP contribution is 2.34. The van der Waals surface area contributed by atoms with Gasteiger partial charge in [-0.1, -0.05) is 58.0 Å². The van der Waals surface area contributed by atoms with Crippen molar-refractivity contribution >= 4 is 64.0 Å². The second kappa shape index (κ2) is 7.09. The first-order valence-corrected chi connectivity index (χ1v) is 7.01. The molecular weight excluding hydrogens is 357 g/mol. The summed E-state index contributed by atoms with van der Waals surface area (Å²) >= 11 is 28.7. The van der Waals surface area contributed by atoms with E-state index in [0.717, 1.165) is 0 Å². The number of rotatable bonds is 6. The van der Waals surface area contributed by atoms with Crippen LogP contribution in [-0.4, -0.2) is 22.0 Å². The number of benzene rings is 1. The zero-order valence-electron chi connectivity index (χ0n) is 9.43. The number of aliphatic carboxylic acids is 1. The smallest absolute Gasteiger partial charge is 0.340 e. The molecule has 0 saturated carbocycles. The number of ether oxygens (including phenoxy) is 1. The van der Waals surface area contributed by atoms with Crippen molar-refractivity contribution in [3.05, 3.63) is 27.2 Å². The lowest BCUT2D eigenvalue weighted by atomic mass is 10.2. The van der Waals surface area contributed by atoms with Crippen LogP contribution in [-0.2, 0) is 4.79 Å². The van der Waals surface area contributed by atoms with Crippen molar-refractivity contribution in [1.82, 2.24) is 0 Å². The minimum Gasteiger partial charge on any atom is -0.492 e. The van der Waals surface area contributed by atoms with Crippen LogP contribution in [0.4, 0.5) is 0 Å². The molecule has 0 atom stereocenters. The van der Waals surface area contributed by atoms with Crippen LogP contribution in [0.2, 0.25) is 15.1 Å². The molecule has 0 heterocycles. The third kappa shape index (κ3) is 5.09. The van der Waals surface area contributed by atoms with E-state index in [0.29, 0.717) is 27.2 Å². The van der Waals surface area contributed by atoms with Gasteiger partial charge in [-0.15, -0.1) is 0 Å². The molecule has 0 aliphatic heterocycles. The quantitative estimate of drug-likeness (QED) is 0.435. The van der Waals surface area contributed by atoms with Crippen molar-refractivity contribution < 1.29 is 14.6 Å². The molecule has 0 aliphatic carbocycles. The molecule has 8 heteroatoms. The number of carboxylic acid groups (broad SMARTS) is 1. The fraction of sp³-hybridized carbons (Fsp3) is 0.364. The molecule has 0 bridgehead atoms. The van der Waals surface area contributed by atoms with Gasteiger partial charge in [-0.2, -0.15) is 0 Å². The Morgan fingerprint density at radius 3 is 2.32 bits per heavy atom. The first-order valence-electron chi connectivity index (χ1n) is 5.12. The Morgan fingerprint density at radius 1 is 1.16 bits per heavy atom. The van der Waals surface area contributed by atoms with Crippen LogP contribution in [0.15, 0.2) is 12.1 Å². The Morgan fingerprint density at radius 2 is 1.74 bits per heavy atom. The first kappa shape index (κ1) is 17.0. The summed E-state index contributed by atoms with van der Waals surface area (Å²) in [5.41, 5.74) is 0. The lowest BCUT2D eigenvalue weighted by molar-refractivity contribution is -0.138. The van der Waals surface area contributed by atoms with Crippen LogP contribution < -0.4 is 4.74 Å². The van der Waals surface area contributed by atoms with E-state index in [1.54, 1.807) is 0 Å². The summed E-state index contributed by atoms with van der Waals surface area (Å²) in [6.07, 6.45) is 0.389. The predicted molar refractivity (Wildman–Crippen MR) is 78.3 cm³/mol. The summed E-state index contributed by atoms with van der Waals surface area (Å²) in [7, 11) is 0. The van der Waals surface area contributed by atoms with Crippen LogP contribution in [0, 0.1) is 0 Å². The van der Waals surface area contributed by atoms with Crippen LogP contribution >= 0.6 is 58.0 Å². The zero-order valence-corrected chi connectivity index (χ0v) is 13.2. The van der Waals surface area contributed by atoms with E-state index in [9.17, 15) is 4.79 Å². The highest BCUT2D eigenvalue weighted by molar-refractivity contribution is 6.57. The Balaban J connectivity index is 2.51. The first-order chi connectivity index (χ1) is 8.74. The molecule has 1 N–H and O–H groups in total. The number of alkyl halides is 2. The second-order valence-corrected chi connectivity index (χ2v) is 6.36. The third-order valence-electron chi connectivity index (χ3n) is 2.18. The van der Waals surface area contributed by atoms with Gasteiger partial charge in [0.2, 0.25) is 4.33 Å². The number of carbonyl (C=O) groups is 1. The maximum absolute atomic E-state index is 10.7. The van der Waals surface area contributed by atoms with Crippen molar-refractivity contribution in [2.75, 3.05) is 6.61 Å². The van der Waals surface area contributed by atoms with Gasteiger partial charge in [0.15, 0.2) is 0 Å². The Kier molecular flexibility index (Phi) is 6.34. The van der Waals surface area contributed by atoms with Crippen LogP contribution in [0.5, 0.6) is 5.75 Å². The molecule has 0 amide bonds. The second-order valence-electron chi connectivity index (χ2n) is 3.66. The summed E-state index contributed by atoms with van der Waals surface area (Å²) in [6.45, 7) is 0.201. The van der Waals surface area contributed by atoms with Gasteiger partial charge in [0.05, 0.1) is 21.7 Å². The summed E-state index contributed by atoms with van der Waals surface area (Å²) in [5, 5.41) is 9.67. The monoisotopic (exact) mass is 364 g/mol. The van der Waals surface area contributed by atoms with Crippen LogP contribution in [0.3, 0.4) is 0 Å². The van der Waals surface area contributed by atoms with Gasteiger partial charge in [-0.05, 0) is 18.9 Å². The molecule has 0 saturated heterocycles. The fourth-order valence-corrected chi connectivity index (χ4v) is 2.06. The minimum absolute atomic E-state index is 0.0460. The molecule has 0 spiro atoms. The predicted octanol–water partition coefficient (Wildman–Crippen LogP) is 5.06. The van der Waals surface area contributed by atoms with Gasteiger partial charge >= 0.3 is 5.97 Å². The SMILES string of the molecule is O=C(O)C(Cl)(Cl)CCCOc1cc(Cl)c(Cl)cc1Cl. The molecule has 1 rings (SSSR count). The van der Waals surface area contributed by atoms with Crippen molar-refractivity contribution in [1.29, 1.82) is 0 Å². The van der Waals surface area contributed by atoms with Crippen molar-refractivity contribution in [2.45, 2.75) is 17.2 Å². The average Bonchev–Trinajstić information content (AvgIpc) is 2.30. The number of halogens is 5. The van der Waals surface area contributed by atoms with E-state index in [-0.39, 0.29) is 13.0 Å². The van der Waals surface area contributed by atoms with Gasteiger partial charge in [0, 0.05) is 6.07 Å². The number of hydrogen-bond donors (Lipinski definition) is 1. The van der Waals surface area contributed by atoms with Crippen LogP contribution in [0.1, 0.15) is 12.8 Å². The average molecular weight is 366 g/mol. The molecule has 3 nitrogen and oxygen atoms in total. The van der Waals surface area contributed by atoms with Gasteiger partial charge in [0.25, 0.3) is 0 Å². The van der Waals surface area contributed by atoms with Crippen molar-refractivity contribution in [3.63, 3.8) is 0 Å². The Labute approximate surface area is 135 Å². The van der Waals surface area contributed by atoms with E-state index >= 15 is 0 Å². The van der Waals surface area contributed by atoms with Crippen molar-refractivity contribution in [3.8, 4) is 5.75 Å². The molecule has 0 aromatic heterocycles. The third-order valence-corrected chi connectivity index (χ3v) is 3.90.